The Labute approximate surface area is 108 Å². The number of carbonyl (C=O) groups is 1. The molecule has 0 aromatic carbocycles. The van der Waals surface area contributed by atoms with Gasteiger partial charge in [0, 0.05) is 19.1 Å². The highest BCUT2D eigenvalue weighted by Gasteiger charge is 2.30. The molecule has 17 heavy (non-hydrogen) atoms. The fraction of sp³-hybridized carbons (Fsp3) is 0.833. The maximum absolute atomic E-state index is 11.7. The van der Waals surface area contributed by atoms with E-state index in [0.717, 1.165) is 24.5 Å². The monoisotopic (exact) mass is 256 g/mol. The molecule has 1 saturated carbocycles. The SMILES string of the molecule is CCOC(=O)[C@H]1CCCN(C(=S)NC2CC2)C1. The van der Waals surface area contributed by atoms with Crippen LogP contribution in [-0.4, -0.2) is 41.7 Å². The van der Waals surface area contributed by atoms with Crippen molar-refractivity contribution in [2.24, 2.45) is 5.92 Å². The number of ether oxygens (including phenoxy) is 1. The molecule has 0 amide bonds. The summed E-state index contributed by atoms with van der Waals surface area (Å²) < 4.78 is 5.07. The van der Waals surface area contributed by atoms with E-state index < -0.39 is 0 Å². The highest BCUT2D eigenvalue weighted by molar-refractivity contribution is 7.80. The molecule has 5 heteroatoms. The van der Waals surface area contributed by atoms with Crippen LogP contribution in [0.4, 0.5) is 0 Å². The van der Waals surface area contributed by atoms with Gasteiger partial charge in [-0.15, -0.1) is 0 Å². The van der Waals surface area contributed by atoms with Crippen molar-refractivity contribution in [1.29, 1.82) is 0 Å². The van der Waals surface area contributed by atoms with Gasteiger partial charge in [0.05, 0.1) is 12.5 Å². The standard InChI is InChI=1S/C12H20N2O2S/c1-2-16-11(15)9-4-3-7-14(8-9)12(17)13-10-5-6-10/h9-10H,2-8H2,1H3,(H,13,17)/t9-/m0/s1. The van der Waals surface area contributed by atoms with Gasteiger partial charge in [-0.3, -0.25) is 4.79 Å². The summed E-state index contributed by atoms with van der Waals surface area (Å²) >= 11 is 5.36. The third kappa shape index (κ3) is 3.56. The average molecular weight is 256 g/mol. The lowest BCUT2D eigenvalue weighted by Gasteiger charge is -2.33. The second-order valence-electron chi connectivity index (χ2n) is 4.76. The van der Waals surface area contributed by atoms with E-state index in [1.54, 1.807) is 0 Å². The first-order chi connectivity index (χ1) is 8.20. The number of rotatable bonds is 3. The van der Waals surface area contributed by atoms with Gasteiger partial charge in [-0.2, -0.15) is 0 Å². The van der Waals surface area contributed by atoms with Gasteiger partial charge >= 0.3 is 5.97 Å². The van der Waals surface area contributed by atoms with Gasteiger partial charge < -0.3 is 15.0 Å². The van der Waals surface area contributed by atoms with Gasteiger partial charge in [0.1, 0.15) is 0 Å². The van der Waals surface area contributed by atoms with Crippen LogP contribution in [0, 0.1) is 5.92 Å². The number of likely N-dealkylation sites (tertiary alicyclic amines) is 1. The first-order valence-corrected chi connectivity index (χ1v) is 6.83. The summed E-state index contributed by atoms with van der Waals surface area (Å²) in [7, 11) is 0. The van der Waals surface area contributed by atoms with Crippen LogP contribution in [0.25, 0.3) is 0 Å². The number of piperidine rings is 1. The molecule has 1 aliphatic carbocycles. The van der Waals surface area contributed by atoms with Crippen molar-refractivity contribution in [2.75, 3.05) is 19.7 Å². The van der Waals surface area contributed by atoms with Crippen LogP contribution >= 0.6 is 12.2 Å². The number of esters is 1. The Morgan fingerprint density at radius 2 is 2.24 bits per heavy atom. The van der Waals surface area contributed by atoms with Gasteiger partial charge in [0.25, 0.3) is 0 Å². The molecule has 1 N–H and O–H groups in total. The third-order valence-electron chi connectivity index (χ3n) is 3.23. The summed E-state index contributed by atoms with van der Waals surface area (Å²) in [6.07, 6.45) is 4.36. The Morgan fingerprint density at radius 1 is 1.47 bits per heavy atom. The summed E-state index contributed by atoms with van der Waals surface area (Å²) in [6.45, 7) is 3.96. The number of carbonyl (C=O) groups excluding carboxylic acids is 1. The van der Waals surface area contributed by atoms with Crippen molar-refractivity contribution in [3.05, 3.63) is 0 Å². The number of thiocarbonyl (C=S) groups is 1. The Balaban J connectivity index is 1.82. The second kappa shape index (κ2) is 5.67. The van der Waals surface area contributed by atoms with Gasteiger partial charge in [0.15, 0.2) is 5.11 Å². The van der Waals surface area contributed by atoms with Crippen LogP contribution in [0.2, 0.25) is 0 Å². The lowest BCUT2D eigenvalue weighted by molar-refractivity contribution is -0.149. The van der Waals surface area contributed by atoms with Crippen molar-refractivity contribution < 1.29 is 9.53 Å². The predicted molar refractivity (Wildman–Crippen MR) is 69.7 cm³/mol. The van der Waals surface area contributed by atoms with E-state index in [9.17, 15) is 4.79 Å². The van der Waals surface area contributed by atoms with E-state index in [1.165, 1.54) is 12.8 Å². The molecule has 2 fully saturated rings. The lowest BCUT2D eigenvalue weighted by Crippen LogP contribution is -2.47. The maximum atomic E-state index is 11.7. The topological polar surface area (TPSA) is 41.6 Å². The quantitative estimate of drug-likeness (QED) is 0.609. The lowest BCUT2D eigenvalue weighted by atomic mass is 9.98. The summed E-state index contributed by atoms with van der Waals surface area (Å²) in [5, 5.41) is 4.13. The molecule has 1 heterocycles. The first-order valence-electron chi connectivity index (χ1n) is 6.42. The van der Waals surface area contributed by atoms with Crippen molar-refractivity contribution in [3.63, 3.8) is 0 Å². The number of nitrogens with zero attached hydrogens (tertiary/aromatic N) is 1. The van der Waals surface area contributed by atoms with Crippen molar-refractivity contribution in [1.82, 2.24) is 10.2 Å². The van der Waals surface area contributed by atoms with Gasteiger partial charge in [-0.25, -0.2) is 0 Å². The second-order valence-corrected chi connectivity index (χ2v) is 5.15. The van der Waals surface area contributed by atoms with E-state index in [0.29, 0.717) is 19.2 Å². The minimum Gasteiger partial charge on any atom is -0.466 e. The zero-order chi connectivity index (χ0) is 12.3. The average Bonchev–Trinajstić information content (AvgIpc) is 3.13. The summed E-state index contributed by atoms with van der Waals surface area (Å²) in [6, 6.07) is 0.575. The first kappa shape index (κ1) is 12.6. The summed E-state index contributed by atoms with van der Waals surface area (Å²) in [5.41, 5.74) is 0. The molecule has 0 spiro atoms. The molecule has 0 bridgehead atoms. The molecule has 1 saturated heterocycles. The van der Waals surface area contributed by atoms with E-state index in [4.69, 9.17) is 17.0 Å². The van der Waals surface area contributed by atoms with E-state index in [1.807, 2.05) is 6.92 Å². The zero-order valence-electron chi connectivity index (χ0n) is 10.3. The molecule has 1 atom stereocenters. The molecule has 0 aromatic heterocycles. The Morgan fingerprint density at radius 3 is 2.88 bits per heavy atom. The molecule has 2 rings (SSSR count). The maximum Gasteiger partial charge on any atom is 0.310 e. The third-order valence-corrected chi connectivity index (χ3v) is 3.61. The van der Waals surface area contributed by atoms with Gasteiger partial charge in [-0.1, -0.05) is 0 Å². The highest BCUT2D eigenvalue weighted by Crippen LogP contribution is 2.21. The molecule has 2 aliphatic rings. The Bertz CT molecular complexity index is 305. The molecule has 0 unspecified atom stereocenters. The molecule has 0 aromatic rings. The van der Waals surface area contributed by atoms with Crippen LogP contribution in [0.3, 0.4) is 0 Å². The number of hydrogen-bond donors (Lipinski definition) is 1. The summed E-state index contributed by atoms with van der Waals surface area (Å²) in [4.78, 5) is 13.8. The van der Waals surface area contributed by atoms with Crippen LogP contribution in [0.15, 0.2) is 0 Å². The van der Waals surface area contributed by atoms with Crippen molar-refractivity contribution in [2.45, 2.75) is 38.6 Å². The Kier molecular flexibility index (Phi) is 4.20. The highest BCUT2D eigenvalue weighted by atomic mass is 32.1. The predicted octanol–water partition coefficient (Wildman–Crippen LogP) is 1.30. The van der Waals surface area contributed by atoms with Crippen LogP contribution in [0.5, 0.6) is 0 Å². The van der Waals surface area contributed by atoms with E-state index in [2.05, 4.69) is 10.2 Å². The molecule has 0 radical (unpaired) electrons. The fourth-order valence-corrected chi connectivity index (χ4v) is 2.44. The smallest absolute Gasteiger partial charge is 0.310 e. The van der Waals surface area contributed by atoms with Crippen LogP contribution in [0.1, 0.15) is 32.6 Å². The van der Waals surface area contributed by atoms with Crippen LogP contribution < -0.4 is 5.32 Å². The number of hydrogen-bond acceptors (Lipinski definition) is 3. The molecule has 1 aliphatic heterocycles. The van der Waals surface area contributed by atoms with Crippen LogP contribution in [-0.2, 0) is 9.53 Å². The fourth-order valence-electron chi connectivity index (χ4n) is 2.11. The molecular formula is C12H20N2O2S. The largest absolute Gasteiger partial charge is 0.466 e. The molecule has 4 nitrogen and oxygen atoms in total. The zero-order valence-corrected chi connectivity index (χ0v) is 11.1. The Hall–Kier alpha value is -0.840. The van der Waals surface area contributed by atoms with E-state index in [-0.39, 0.29) is 11.9 Å². The number of nitrogens with one attached hydrogen (secondary N) is 1. The summed E-state index contributed by atoms with van der Waals surface area (Å²) in [5.74, 6) is -0.0888. The minimum absolute atomic E-state index is 0.0114. The van der Waals surface area contributed by atoms with Gasteiger partial charge in [-0.05, 0) is 44.8 Å². The van der Waals surface area contributed by atoms with Gasteiger partial charge in [0.2, 0.25) is 0 Å². The molecular weight excluding hydrogens is 236 g/mol. The normalized spacial score (nSPS) is 24.3. The van der Waals surface area contributed by atoms with Crippen molar-refractivity contribution >= 4 is 23.3 Å². The minimum atomic E-state index is -0.0774. The van der Waals surface area contributed by atoms with Crippen molar-refractivity contribution in [3.8, 4) is 0 Å². The molecule has 96 valence electrons. The van der Waals surface area contributed by atoms with E-state index >= 15 is 0 Å².